The van der Waals surface area contributed by atoms with Gasteiger partial charge in [0.25, 0.3) is 10.1 Å². The minimum atomic E-state index is -6.06. The maximum absolute atomic E-state index is 11.5. The molecule has 0 aliphatic rings. The molecule has 0 heterocycles. The Labute approximate surface area is 72.7 Å². The molecule has 0 radical (unpaired) electrons. The van der Waals surface area contributed by atoms with Crippen molar-refractivity contribution in [2.24, 2.45) is 0 Å². The van der Waals surface area contributed by atoms with Crippen molar-refractivity contribution in [1.29, 1.82) is 0 Å². The summed E-state index contributed by atoms with van der Waals surface area (Å²) in [5, 5.41) is 0. The van der Waals surface area contributed by atoms with E-state index in [2.05, 4.69) is 3.63 Å². The summed E-state index contributed by atoms with van der Waals surface area (Å²) in [6.45, 7) is 0.946. The summed E-state index contributed by atoms with van der Waals surface area (Å²) in [6.07, 6.45) is 0. The van der Waals surface area contributed by atoms with Crippen LogP contribution in [0.25, 0.3) is 0 Å². The summed E-state index contributed by atoms with van der Waals surface area (Å²) in [6, 6.07) is 0. The van der Waals surface area contributed by atoms with Crippen LogP contribution in [-0.4, -0.2) is 28.1 Å². The lowest BCUT2D eigenvalue weighted by Crippen LogP contribution is -2.28. The molecule has 0 saturated carbocycles. The van der Waals surface area contributed by atoms with E-state index < -0.39 is 31.5 Å². The number of rotatable bonds is 3. The fraction of sp³-hybridized carbons (Fsp3) is 1.00. The van der Waals surface area contributed by atoms with Crippen LogP contribution in [0.3, 0.4) is 0 Å². The van der Waals surface area contributed by atoms with Gasteiger partial charge in [0.1, 0.15) is 0 Å². The van der Waals surface area contributed by atoms with Crippen LogP contribution in [0.15, 0.2) is 0 Å². The molecule has 0 aromatic carbocycles. The molecule has 13 heavy (non-hydrogen) atoms. The molecule has 0 aliphatic heterocycles. The molecule has 0 saturated heterocycles. The summed E-state index contributed by atoms with van der Waals surface area (Å²) in [4.78, 5) is 0. The number of hydrogen-bond donors (Lipinski definition) is 0. The third kappa shape index (κ3) is 3.48. The summed E-state index contributed by atoms with van der Waals surface area (Å²) < 4.78 is 78.4. The summed E-state index contributed by atoms with van der Waals surface area (Å²) in [5.41, 5.74) is -5.73. The predicted molar refractivity (Wildman–Crippen MR) is 35.5 cm³/mol. The first-order chi connectivity index (χ1) is 5.52. The van der Waals surface area contributed by atoms with Gasteiger partial charge in [-0.3, -0.25) is 0 Å². The summed E-state index contributed by atoms with van der Waals surface area (Å²) >= 11 is 0. The van der Waals surface area contributed by atoms with Crippen molar-refractivity contribution in [2.45, 2.75) is 12.4 Å². The Hall–Kier alpha value is -0.350. The molecule has 10 heteroatoms. The third-order valence-electron chi connectivity index (χ3n) is 0.830. The molecule has 0 unspecified atom stereocenters. The largest absolute Gasteiger partial charge is 0.524 e. The highest BCUT2D eigenvalue weighted by Gasteiger charge is 2.49. The van der Waals surface area contributed by atoms with Crippen molar-refractivity contribution in [3.8, 4) is 0 Å². The highest BCUT2D eigenvalue weighted by atomic mass is 32.3. The molecule has 0 aromatic heterocycles. The maximum atomic E-state index is 11.5. The second-order valence-electron chi connectivity index (χ2n) is 1.81. The first-order valence-electron chi connectivity index (χ1n) is 2.77. The maximum Gasteiger partial charge on any atom is 0.524 e. The van der Waals surface area contributed by atoms with E-state index in [1.165, 1.54) is 0 Å². The van der Waals surface area contributed by atoms with Gasteiger partial charge in [0.2, 0.25) is 0 Å². The minimum absolute atomic E-state index is 0.859. The van der Waals surface area contributed by atoms with E-state index >= 15 is 0 Å². The lowest BCUT2D eigenvalue weighted by Gasteiger charge is -2.06. The van der Waals surface area contributed by atoms with Crippen LogP contribution in [0.4, 0.5) is 13.2 Å². The van der Waals surface area contributed by atoms with E-state index in [1.54, 1.807) is 0 Å². The quantitative estimate of drug-likeness (QED) is 0.661. The van der Waals surface area contributed by atoms with E-state index in [4.69, 9.17) is 0 Å². The van der Waals surface area contributed by atoms with Crippen LogP contribution in [0.5, 0.6) is 0 Å². The van der Waals surface area contributed by atoms with E-state index in [1.807, 2.05) is 0 Å². The first kappa shape index (κ1) is 12.7. The Balaban J connectivity index is 4.97. The molecule has 0 bridgehead atoms. The molecular weight excluding hydrogens is 237 g/mol. The lowest BCUT2D eigenvalue weighted by molar-refractivity contribution is -0.0498. The number of hydrogen-bond acceptors (Lipinski definition) is 5. The summed E-state index contributed by atoms with van der Waals surface area (Å²) in [5.74, 6) is -0.859. The van der Waals surface area contributed by atoms with Crippen LogP contribution >= 0.6 is 0 Å². The van der Waals surface area contributed by atoms with Crippen molar-refractivity contribution < 1.29 is 33.6 Å². The molecule has 0 amide bonds. The number of halogens is 3. The second-order valence-corrected chi connectivity index (χ2v) is 5.42. The van der Waals surface area contributed by atoms with Gasteiger partial charge in [-0.05, 0) is 6.92 Å². The molecule has 0 spiro atoms. The van der Waals surface area contributed by atoms with Gasteiger partial charge in [0.15, 0.2) is 0 Å². The van der Waals surface area contributed by atoms with Gasteiger partial charge in [0, 0.05) is 0 Å². The Morgan fingerprint density at radius 1 is 1.15 bits per heavy atom. The van der Waals surface area contributed by atoms with E-state index in [-0.39, 0.29) is 0 Å². The van der Waals surface area contributed by atoms with Crippen molar-refractivity contribution in [1.82, 2.24) is 0 Å². The highest BCUT2D eigenvalue weighted by Crippen LogP contribution is 2.25. The van der Waals surface area contributed by atoms with Crippen LogP contribution in [0, 0.1) is 0 Å². The van der Waals surface area contributed by atoms with Gasteiger partial charge in [-0.1, -0.05) is 0 Å². The molecule has 5 nitrogen and oxygen atoms in total. The van der Waals surface area contributed by atoms with E-state index in [0.29, 0.717) is 0 Å². The molecule has 0 fully saturated rings. The predicted octanol–water partition coefficient (Wildman–Crippen LogP) is 0.202. The van der Waals surface area contributed by atoms with E-state index in [0.717, 1.165) is 6.92 Å². The van der Waals surface area contributed by atoms with Gasteiger partial charge >= 0.3 is 15.6 Å². The Morgan fingerprint density at radius 3 is 1.77 bits per heavy atom. The highest BCUT2D eigenvalue weighted by molar-refractivity contribution is 8.00. The fourth-order valence-electron chi connectivity index (χ4n) is 0.223. The lowest BCUT2D eigenvalue weighted by atomic mass is 11.0. The molecule has 0 rings (SSSR count). The van der Waals surface area contributed by atoms with Gasteiger partial charge < -0.3 is 0 Å². The van der Waals surface area contributed by atoms with Gasteiger partial charge in [-0.25, -0.2) is 0 Å². The molecule has 80 valence electrons. The second kappa shape index (κ2) is 3.42. The SMILES string of the molecule is CCS(=O)(=O)OS(=O)(=O)C(F)(F)F. The molecule has 0 N–H and O–H groups in total. The Bertz CT molecular complexity index is 362. The molecular formula is C3H5F3O5S2. The first-order valence-corrected chi connectivity index (χ1v) is 5.75. The van der Waals surface area contributed by atoms with Crippen LogP contribution in [-0.2, 0) is 23.9 Å². The van der Waals surface area contributed by atoms with Crippen LogP contribution in [0.1, 0.15) is 6.92 Å². The monoisotopic (exact) mass is 242 g/mol. The van der Waals surface area contributed by atoms with Crippen LogP contribution in [0.2, 0.25) is 0 Å². The van der Waals surface area contributed by atoms with Gasteiger partial charge in [-0.15, -0.1) is 3.63 Å². The molecule has 0 aliphatic carbocycles. The van der Waals surface area contributed by atoms with Crippen molar-refractivity contribution in [2.75, 3.05) is 5.75 Å². The standard InChI is InChI=1S/C3H5F3O5S2/c1-2-12(7,8)11-13(9,10)3(4,5)6/h2H2,1H3. The van der Waals surface area contributed by atoms with Crippen molar-refractivity contribution in [3.05, 3.63) is 0 Å². The van der Waals surface area contributed by atoms with E-state index in [9.17, 15) is 30.0 Å². The summed E-state index contributed by atoms with van der Waals surface area (Å²) in [7, 11) is -10.7. The molecule has 0 atom stereocenters. The Morgan fingerprint density at radius 2 is 1.54 bits per heavy atom. The average Bonchev–Trinajstić information content (AvgIpc) is 1.83. The zero-order valence-electron chi connectivity index (χ0n) is 6.20. The van der Waals surface area contributed by atoms with Gasteiger partial charge in [-0.2, -0.15) is 30.0 Å². The number of alkyl halides is 3. The molecule has 0 aromatic rings. The Kier molecular flexibility index (Phi) is 3.33. The third-order valence-corrected chi connectivity index (χ3v) is 3.65. The minimum Gasteiger partial charge on any atom is -0.198 e. The zero-order chi connectivity index (χ0) is 10.9. The fourth-order valence-corrected chi connectivity index (χ4v) is 2.01. The van der Waals surface area contributed by atoms with Gasteiger partial charge in [0.05, 0.1) is 5.75 Å². The normalized spacial score (nSPS) is 14.5. The average molecular weight is 242 g/mol. The topological polar surface area (TPSA) is 77.5 Å². The zero-order valence-corrected chi connectivity index (χ0v) is 7.83. The smallest absolute Gasteiger partial charge is 0.198 e. The van der Waals surface area contributed by atoms with Crippen molar-refractivity contribution >= 4 is 20.2 Å². The van der Waals surface area contributed by atoms with Crippen molar-refractivity contribution in [3.63, 3.8) is 0 Å². The van der Waals surface area contributed by atoms with Crippen LogP contribution < -0.4 is 0 Å².